The second-order valence-electron chi connectivity index (χ2n) is 6.39. The third kappa shape index (κ3) is 4.90. The van der Waals surface area contributed by atoms with Crippen LogP contribution in [0.2, 0.25) is 0 Å². The summed E-state index contributed by atoms with van der Waals surface area (Å²) in [6.45, 7) is 4.78. The second kappa shape index (κ2) is 6.89. The molecular weight excluding hydrogens is 356 g/mol. The van der Waals surface area contributed by atoms with E-state index in [2.05, 4.69) is 14.7 Å². The van der Waals surface area contributed by atoms with Gasteiger partial charge in [-0.3, -0.25) is 9.59 Å². The molecule has 26 heavy (non-hydrogen) atoms. The van der Waals surface area contributed by atoms with Crippen molar-refractivity contribution in [2.45, 2.75) is 39.0 Å². The van der Waals surface area contributed by atoms with E-state index in [1.165, 1.54) is 13.0 Å². The number of alkyl halides is 3. The summed E-state index contributed by atoms with van der Waals surface area (Å²) in [5, 5.41) is 0. The van der Waals surface area contributed by atoms with Crippen molar-refractivity contribution in [3.8, 4) is 5.75 Å². The monoisotopic (exact) mass is 372 g/mol. The Morgan fingerprint density at radius 1 is 1.23 bits per heavy atom. The van der Waals surface area contributed by atoms with Crippen LogP contribution in [-0.4, -0.2) is 22.1 Å². The Morgan fingerprint density at radius 2 is 1.88 bits per heavy atom. The van der Waals surface area contributed by atoms with Crippen LogP contribution in [-0.2, 0) is 5.41 Å². The molecule has 0 amide bonds. The van der Waals surface area contributed by atoms with Crippen LogP contribution in [0.5, 0.6) is 5.75 Å². The largest absolute Gasteiger partial charge is 0.573 e. The molecule has 1 aromatic carbocycles. The highest BCUT2D eigenvalue weighted by Crippen LogP contribution is 2.33. The maximum atomic E-state index is 13.9. The fourth-order valence-corrected chi connectivity index (χ4v) is 2.45. The highest BCUT2D eigenvalue weighted by atomic mass is 19.4. The van der Waals surface area contributed by atoms with Gasteiger partial charge in [-0.2, -0.15) is 0 Å². The van der Waals surface area contributed by atoms with Gasteiger partial charge in [-0.25, -0.2) is 9.37 Å². The van der Waals surface area contributed by atoms with Gasteiger partial charge in [0.2, 0.25) is 0 Å². The van der Waals surface area contributed by atoms with Crippen LogP contribution in [0.1, 0.15) is 42.1 Å². The quantitative estimate of drug-likeness (QED) is 0.642. The SMILES string of the molecule is Cc1nc(C(=O)CC(C)(C)c2ccc(OC(F)(F)F)c(F)c2)cc(=O)[nH]1. The minimum Gasteiger partial charge on any atom is -0.403 e. The van der Waals surface area contributed by atoms with E-state index < -0.39 is 34.7 Å². The lowest BCUT2D eigenvalue weighted by atomic mass is 9.79. The van der Waals surface area contributed by atoms with E-state index in [1.54, 1.807) is 13.8 Å². The van der Waals surface area contributed by atoms with E-state index in [9.17, 15) is 27.2 Å². The molecule has 0 aliphatic heterocycles. The van der Waals surface area contributed by atoms with E-state index in [1.807, 2.05) is 0 Å². The molecule has 1 aromatic heterocycles. The van der Waals surface area contributed by atoms with Crippen molar-refractivity contribution >= 4 is 5.78 Å². The van der Waals surface area contributed by atoms with Crippen LogP contribution in [0, 0.1) is 12.7 Å². The molecule has 0 atom stereocenters. The van der Waals surface area contributed by atoms with Gasteiger partial charge in [0.25, 0.3) is 5.56 Å². The maximum Gasteiger partial charge on any atom is 0.573 e. The minimum atomic E-state index is -5.00. The lowest BCUT2D eigenvalue weighted by molar-refractivity contribution is -0.275. The number of nitrogens with zero attached hydrogens (tertiary/aromatic N) is 1. The first-order valence-corrected chi connectivity index (χ1v) is 7.54. The molecule has 0 aliphatic carbocycles. The number of ketones is 1. The van der Waals surface area contributed by atoms with Crippen LogP contribution in [0.15, 0.2) is 29.1 Å². The molecule has 0 spiro atoms. The fraction of sp³-hybridized carbons (Fsp3) is 0.353. The summed E-state index contributed by atoms with van der Waals surface area (Å²) in [4.78, 5) is 30.2. The normalized spacial score (nSPS) is 12.1. The Morgan fingerprint density at radius 3 is 2.42 bits per heavy atom. The molecule has 0 radical (unpaired) electrons. The van der Waals surface area contributed by atoms with Crippen molar-refractivity contribution in [1.82, 2.24) is 9.97 Å². The average Bonchev–Trinajstić information content (AvgIpc) is 2.46. The molecule has 0 saturated carbocycles. The molecule has 1 heterocycles. The summed E-state index contributed by atoms with van der Waals surface area (Å²) < 4.78 is 54.1. The summed E-state index contributed by atoms with van der Waals surface area (Å²) >= 11 is 0. The lowest BCUT2D eigenvalue weighted by Gasteiger charge is -2.25. The molecule has 0 aliphatic rings. The van der Waals surface area contributed by atoms with E-state index >= 15 is 0 Å². The number of ether oxygens (including phenoxy) is 1. The number of aromatic amines is 1. The summed E-state index contributed by atoms with van der Waals surface area (Å²) in [5.41, 5.74) is -1.11. The summed E-state index contributed by atoms with van der Waals surface area (Å²) in [6, 6.07) is 4.07. The fourth-order valence-electron chi connectivity index (χ4n) is 2.45. The molecule has 2 rings (SSSR count). The molecule has 0 saturated heterocycles. The molecular formula is C17H16F4N2O3. The summed E-state index contributed by atoms with van der Waals surface area (Å²) in [7, 11) is 0. The number of carbonyl (C=O) groups excluding carboxylic acids is 1. The Kier molecular flexibility index (Phi) is 5.20. The van der Waals surface area contributed by atoms with Crippen molar-refractivity contribution in [2.75, 3.05) is 0 Å². The van der Waals surface area contributed by atoms with Crippen LogP contribution in [0.4, 0.5) is 17.6 Å². The van der Waals surface area contributed by atoms with Crippen LogP contribution >= 0.6 is 0 Å². The zero-order valence-corrected chi connectivity index (χ0v) is 14.2. The van der Waals surface area contributed by atoms with Crippen LogP contribution in [0.3, 0.4) is 0 Å². The Labute approximate surface area is 146 Å². The first kappa shape index (κ1) is 19.6. The first-order chi connectivity index (χ1) is 11.9. The number of aromatic nitrogens is 2. The molecule has 0 fully saturated rings. The Hall–Kier alpha value is -2.71. The van der Waals surface area contributed by atoms with E-state index in [0.717, 1.165) is 18.2 Å². The topological polar surface area (TPSA) is 72.0 Å². The average molecular weight is 372 g/mol. The van der Waals surface area contributed by atoms with E-state index in [0.29, 0.717) is 5.56 Å². The predicted molar refractivity (Wildman–Crippen MR) is 84.7 cm³/mol. The second-order valence-corrected chi connectivity index (χ2v) is 6.39. The molecule has 9 heteroatoms. The standard InChI is InChI=1S/C17H16F4N2O3/c1-9-22-12(7-15(25)23-9)13(24)8-16(2,3)10-4-5-14(11(18)6-10)26-17(19,20)21/h4-7H,8H2,1-3H3,(H,22,23,25). The summed E-state index contributed by atoms with van der Waals surface area (Å²) in [5.74, 6) is -2.31. The number of rotatable bonds is 5. The third-order valence-electron chi connectivity index (χ3n) is 3.69. The van der Waals surface area contributed by atoms with Gasteiger partial charge in [0.15, 0.2) is 17.3 Å². The number of benzene rings is 1. The van der Waals surface area contributed by atoms with Crippen molar-refractivity contribution in [3.05, 3.63) is 57.5 Å². The van der Waals surface area contributed by atoms with Gasteiger partial charge in [0, 0.05) is 12.5 Å². The molecule has 0 bridgehead atoms. The van der Waals surface area contributed by atoms with Crippen molar-refractivity contribution in [3.63, 3.8) is 0 Å². The first-order valence-electron chi connectivity index (χ1n) is 7.54. The molecule has 5 nitrogen and oxygen atoms in total. The molecule has 2 aromatic rings. The van der Waals surface area contributed by atoms with Gasteiger partial charge in [-0.05, 0) is 30.0 Å². The number of hydrogen-bond acceptors (Lipinski definition) is 4. The zero-order chi connectivity index (χ0) is 19.7. The van der Waals surface area contributed by atoms with Gasteiger partial charge in [0.05, 0.1) is 0 Å². The van der Waals surface area contributed by atoms with E-state index in [4.69, 9.17) is 0 Å². The van der Waals surface area contributed by atoms with Gasteiger partial charge in [-0.15, -0.1) is 13.2 Å². The van der Waals surface area contributed by atoms with Gasteiger partial charge >= 0.3 is 6.36 Å². The Bertz CT molecular complexity index is 888. The molecule has 1 N–H and O–H groups in total. The van der Waals surface area contributed by atoms with Gasteiger partial charge in [0.1, 0.15) is 11.5 Å². The predicted octanol–water partition coefficient (Wildman–Crippen LogP) is 3.67. The lowest BCUT2D eigenvalue weighted by Crippen LogP contribution is -2.24. The molecule has 0 unspecified atom stereocenters. The van der Waals surface area contributed by atoms with Crippen molar-refractivity contribution < 1.29 is 27.1 Å². The minimum absolute atomic E-state index is 0.0307. The van der Waals surface area contributed by atoms with Crippen LogP contribution in [0.25, 0.3) is 0 Å². The summed E-state index contributed by atoms with van der Waals surface area (Å²) in [6.07, 6.45) is -5.13. The highest BCUT2D eigenvalue weighted by Gasteiger charge is 2.33. The van der Waals surface area contributed by atoms with Crippen LogP contribution < -0.4 is 10.3 Å². The smallest absolute Gasteiger partial charge is 0.403 e. The number of Topliss-reactive ketones (excluding diaryl/α,β-unsaturated/α-hetero) is 1. The number of halogens is 4. The Balaban J connectivity index is 2.25. The zero-order valence-electron chi connectivity index (χ0n) is 14.2. The maximum absolute atomic E-state index is 13.9. The third-order valence-corrected chi connectivity index (χ3v) is 3.69. The van der Waals surface area contributed by atoms with E-state index in [-0.39, 0.29) is 17.9 Å². The van der Waals surface area contributed by atoms with Gasteiger partial charge in [-0.1, -0.05) is 19.9 Å². The van der Waals surface area contributed by atoms with Gasteiger partial charge < -0.3 is 9.72 Å². The number of H-pyrrole nitrogens is 1. The number of hydrogen-bond donors (Lipinski definition) is 1. The number of aryl methyl sites for hydroxylation is 1. The van der Waals surface area contributed by atoms with Crippen molar-refractivity contribution in [2.24, 2.45) is 0 Å². The van der Waals surface area contributed by atoms with Crippen molar-refractivity contribution in [1.29, 1.82) is 0 Å². The molecule has 140 valence electrons. The number of nitrogens with one attached hydrogen (secondary N) is 1. The number of carbonyl (C=O) groups is 1. The highest BCUT2D eigenvalue weighted by molar-refractivity contribution is 5.95.